The Labute approximate surface area is 65.6 Å². The molecule has 0 aliphatic heterocycles. The first-order valence-corrected chi connectivity index (χ1v) is 3.70. The van der Waals surface area contributed by atoms with Gasteiger partial charge in [-0.15, -0.1) is 11.6 Å². The summed E-state index contributed by atoms with van der Waals surface area (Å²) in [5, 5.41) is 0.644. The fourth-order valence-electron chi connectivity index (χ4n) is 0.322. The largest absolute Gasteiger partial charge is 0.378 e. The van der Waals surface area contributed by atoms with Gasteiger partial charge in [0.2, 0.25) is 0 Å². The van der Waals surface area contributed by atoms with Crippen LogP contribution in [0.25, 0.3) is 0 Å². The molecule has 0 bridgehead atoms. The topological polar surface area (TPSA) is 9.23 Å². The van der Waals surface area contributed by atoms with Crippen LogP contribution < -0.4 is 0 Å². The Morgan fingerprint density at radius 3 is 2.78 bits per heavy atom. The Bertz CT molecular complexity index is 91.1. The van der Waals surface area contributed by atoms with Crippen molar-refractivity contribution in [3.8, 4) is 0 Å². The molecule has 0 atom stereocenters. The molecule has 0 radical (unpaired) electrons. The molecule has 0 amide bonds. The predicted molar refractivity (Wildman–Crippen MR) is 41.1 cm³/mol. The SMILES string of the molecule is CCOC/C=C(\Cl)CCl. The molecule has 54 valence electrons. The van der Waals surface area contributed by atoms with Crippen molar-refractivity contribution in [3.05, 3.63) is 11.1 Å². The van der Waals surface area contributed by atoms with Gasteiger partial charge in [-0.25, -0.2) is 0 Å². The Balaban J connectivity index is 3.21. The minimum absolute atomic E-state index is 0.370. The van der Waals surface area contributed by atoms with Crippen LogP contribution in [0.5, 0.6) is 0 Å². The van der Waals surface area contributed by atoms with Gasteiger partial charge in [-0.2, -0.15) is 0 Å². The average molecular weight is 169 g/mol. The maximum Gasteiger partial charge on any atom is 0.0661 e. The van der Waals surface area contributed by atoms with Gasteiger partial charge in [-0.1, -0.05) is 11.6 Å². The first kappa shape index (κ1) is 9.28. The molecule has 0 rings (SSSR count). The van der Waals surface area contributed by atoms with Crippen LogP contribution in [0.15, 0.2) is 11.1 Å². The van der Waals surface area contributed by atoms with Gasteiger partial charge in [0.05, 0.1) is 12.5 Å². The smallest absolute Gasteiger partial charge is 0.0661 e. The molecule has 0 aromatic rings. The molecule has 0 spiro atoms. The number of allylic oxidation sites excluding steroid dienone is 1. The van der Waals surface area contributed by atoms with Crippen molar-refractivity contribution in [2.24, 2.45) is 0 Å². The Morgan fingerprint density at radius 2 is 2.33 bits per heavy atom. The number of ether oxygens (including phenoxy) is 1. The van der Waals surface area contributed by atoms with Gasteiger partial charge in [0.15, 0.2) is 0 Å². The fourth-order valence-corrected chi connectivity index (χ4v) is 0.494. The van der Waals surface area contributed by atoms with E-state index in [1.807, 2.05) is 6.92 Å². The van der Waals surface area contributed by atoms with Crippen molar-refractivity contribution in [1.82, 2.24) is 0 Å². The van der Waals surface area contributed by atoms with E-state index in [2.05, 4.69) is 0 Å². The first-order valence-electron chi connectivity index (χ1n) is 2.79. The van der Waals surface area contributed by atoms with E-state index in [-0.39, 0.29) is 0 Å². The summed E-state index contributed by atoms with van der Waals surface area (Å²) in [7, 11) is 0. The Morgan fingerprint density at radius 1 is 1.67 bits per heavy atom. The standard InChI is InChI=1S/C6H10Cl2O/c1-2-9-4-3-6(8)5-7/h3H,2,4-5H2,1H3/b6-3-. The molecular formula is C6H10Cl2O. The quantitative estimate of drug-likeness (QED) is 0.463. The van der Waals surface area contributed by atoms with Gasteiger partial charge in [-0.05, 0) is 13.0 Å². The Hall–Kier alpha value is 0.280. The minimum Gasteiger partial charge on any atom is -0.378 e. The van der Waals surface area contributed by atoms with Gasteiger partial charge in [-0.3, -0.25) is 0 Å². The normalized spacial score (nSPS) is 12.1. The molecule has 0 aliphatic rings. The summed E-state index contributed by atoms with van der Waals surface area (Å²) in [6.07, 6.45) is 1.76. The maximum absolute atomic E-state index is 5.55. The average Bonchev–Trinajstić information content (AvgIpc) is 1.89. The van der Waals surface area contributed by atoms with E-state index in [1.165, 1.54) is 0 Å². The third kappa shape index (κ3) is 6.16. The van der Waals surface area contributed by atoms with Crippen LogP contribution in [0, 0.1) is 0 Å². The molecule has 0 saturated heterocycles. The summed E-state index contributed by atoms with van der Waals surface area (Å²) in [5.74, 6) is 0.370. The highest BCUT2D eigenvalue weighted by Crippen LogP contribution is 2.02. The number of hydrogen-bond acceptors (Lipinski definition) is 1. The second-order valence-electron chi connectivity index (χ2n) is 1.44. The predicted octanol–water partition coefficient (Wildman–Crippen LogP) is 2.38. The molecule has 0 aromatic carbocycles. The zero-order valence-corrected chi connectivity index (χ0v) is 6.87. The molecule has 1 nitrogen and oxygen atoms in total. The van der Waals surface area contributed by atoms with E-state index in [0.717, 1.165) is 0 Å². The summed E-state index contributed by atoms with van der Waals surface area (Å²) < 4.78 is 4.99. The lowest BCUT2D eigenvalue weighted by atomic mass is 10.5. The highest BCUT2D eigenvalue weighted by Gasteiger charge is 1.85. The van der Waals surface area contributed by atoms with Crippen molar-refractivity contribution in [2.75, 3.05) is 19.1 Å². The van der Waals surface area contributed by atoms with Gasteiger partial charge in [0.1, 0.15) is 0 Å². The molecule has 9 heavy (non-hydrogen) atoms. The van der Waals surface area contributed by atoms with Crippen LogP contribution in [0.2, 0.25) is 0 Å². The molecular weight excluding hydrogens is 159 g/mol. The van der Waals surface area contributed by atoms with E-state index < -0.39 is 0 Å². The zero-order valence-electron chi connectivity index (χ0n) is 5.36. The number of rotatable bonds is 4. The van der Waals surface area contributed by atoms with Gasteiger partial charge < -0.3 is 4.74 Å². The van der Waals surface area contributed by atoms with Crippen LogP contribution >= 0.6 is 23.2 Å². The van der Waals surface area contributed by atoms with Gasteiger partial charge in [0.25, 0.3) is 0 Å². The maximum atomic E-state index is 5.55. The lowest BCUT2D eigenvalue weighted by molar-refractivity contribution is 0.177. The molecule has 0 aromatic heterocycles. The van der Waals surface area contributed by atoms with Gasteiger partial charge >= 0.3 is 0 Å². The second-order valence-corrected chi connectivity index (χ2v) is 2.20. The molecule has 0 fully saturated rings. The van der Waals surface area contributed by atoms with Crippen LogP contribution in [0.1, 0.15) is 6.92 Å². The van der Waals surface area contributed by atoms with Crippen molar-refractivity contribution in [2.45, 2.75) is 6.92 Å². The molecule has 0 saturated carbocycles. The highest BCUT2D eigenvalue weighted by molar-refractivity contribution is 6.35. The summed E-state index contributed by atoms with van der Waals surface area (Å²) >= 11 is 10.9. The van der Waals surface area contributed by atoms with Crippen molar-refractivity contribution >= 4 is 23.2 Å². The van der Waals surface area contributed by atoms with Crippen LogP contribution in [0.4, 0.5) is 0 Å². The molecule has 0 unspecified atom stereocenters. The summed E-state index contributed by atoms with van der Waals surface area (Å²) in [4.78, 5) is 0. The second kappa shape index (κ2) is 6.40. The molecule has 3 heteroatoms. The van der Waals surface area contributed by atoms with E-state index in [9.17, 15) is 0 Å². The molecule has 0 N–H and O–H groups in total. The summed E-state index contributed by atoms with van der Waals surface area (Å²) in [6, 6.07) is 0. The van der Waals surface area contributed by atoms with E-state index in [1.54, 1.807) is 6.08 Å². The Kier molecular flexibility index (Phi) is 6.60. The van der Waals surface area contributed by atoms with Crippen molar-refractivity contribution in [1.29, 1.82) is 0 Å². The first-order chi connectivity index (χ1) is 4.31. The molecule has 0 heterocycles. The lowest BCUT2D eigenvalue weighted by Gasteiger charge is -1.93. The van der Waals surface area contributed by atoms with E-state index in [0.29, 0.717) is 24.1 Å². The van der Waals surface area contributed by atoms with Crippen molar-refractivity contribution < 1.29 is 4.74 Å². The van der Waals surface area contributed by atoms with E-state index in [4.69, 9.17) is 27.9 Å². The minimum atomic E-state index is 0.370. The third-order valence-corrected chi connectivity index (χ3v) is 1.47. The number of alkyl halides is 1. The summed E-state index contributed by atoms with van der Waals surface area (Å²) in [5.41, 5.74) is 0. The number of halogens is 2. The molecule has 0 aliphatic carbocycles. The van der Waals surface area contributed by atoms with Crippen molar-refractivity contribution in [3.63, 3.8) is 0 Å². The fraction of sp³-hybridized carbons (Fsp3) is 0.667. The van der Waals surface area contributed by atoms with Crippen LogP contribution in [0.3, 0.4) is 0 Å². The lowest BCUT2D eigenvalue weighted by Crippen LogP contribution is -1.89. The van der Waals surface area contributed by atoms with Gasteiger partial charge in [0, 0.05) is 11.6 Å². The number of hydrogen-bond donors (Lipinski definition) is 0. The van der Waals surface area contributed by atoms with Crippen LogP contribution in [-0.4, -0.2) is 19.1 Å². The monoisotopic (exact) mass is 168 g/mol. The van der Waals surface area contributed by atoms with E-state index >= 15 is 0 Å². The highest BCUT2D eigenvalue weighted by atomic mass is 35.5. The summed E-state index contributed by atoms with van der Waals surface area (Å²) in [6.45, 7) is 3.20. The zero-order chi connectivity index (χ0) is 7.11. The third-order valence-electron chi connectivity index (χ3n) is 0.754. The van der Waals surface area contributed by atoms with Crippen LogP contribution in [-0.2, 0) is 4.74 Å².